The molecule has 1 aromatic rings. The Morgan fingerprint density at radius 2 is 2.25 bits per heavy atom. The third-order valence-electron chi connectivity index (χ3n) is 3.13. The van der Waals surface area contributed by atoms with E-state index in [4.69, 9.17) is 21.6 Å². The number of rotatable bonds is 4. The SMILES string of the molecule is C[C@@H]1C[C@H]1C(=O)OCC(=O)Nc1ccc(C#N)c(Cl)c1. The number of carbonyl (C=O) groups is 2. The van der Waals surface area contributed by atoms with Crippen LogP contribution in [0.5, 0.6) is 0 Å². The average molecular weight is 293 g/mol. The first-order chi connectivity index (χ1) is 9.51. The van der Waals surface area contributed by atoms with Crippen molar-refractivity contribution in [3.8, 4) is 6.07 Å². The largest absolute Gasteiger partial charge is 0.455 e. The van der Waals surface area contributed by atoms with Crippen molar-refractivity contribution in [3.63, 3.8) is 0 Å². The van der Waals surface area contributed by atoms with Crippen molar-refractivity contribution in [2.45, 2.75) is 13.3 Å². The maximum atomic E-state index is 11.6. The highest BCUT2D eigenvalue weighted by molar-refractivity contribution is 6.32. The smallest absolute Gasteiger partial charge is 0.309 e. The predicted molar refractivity (Wildman–Crippen MR) is 73.0 cm³/mol. The molecule has 1 aromatic carbocycles. The van der Waals surface area contributed by atoms with Crippen LogP contribution in [-0.2, 0) is 14.3 Å². The van der Waals surface area contributed by atoms with Crippen molar-refractivity contribution in [1.82, 2.24) is 0 Å². The summed E-state index contributed by atoms with van der Waals surface area (Å²) in [5.41, 5.74) is 0.786. The molecular weight excluding hydrogens is 280 g/mol. The highest BCUT2D eigenvalue weighted by atomic mass is 35.5. The molecule has 0 aliphatic heterocycles. The number of hydrogen-bond acceptors (Lipinski definition) is 4. The number of amides is 1. The average Bonchev–Trinajstić information content (AvgIpc) is 3.13. The van der Waals surface area contributed by atoms with Crippen molar-refractivity contribution in [1.29, 1.82) is 5.26 Å². The number of hydrogen-bond donors (Lipinski definition) is 1. The van der Waals surface area contributed by atoms with E-state index in [9.17, 15) is 9.59 Å². The number of ether oxygens (including phenoxy) is 1. The molecule has 0 bridgehead atoms. The van der Waals surface area contributed by atoms with Gasteiger partial charge >= 0.3 is 5.97 Å². The summed E-state index contributed by atoms with van der Waals surface area (Å²) in [4.78, 5) is 23.1. The molecule has 0 aromatic heterocycles. The van der Waals surface area contributed by atoms with Crippen LogP contribution < -0.4 is 5.32 Å². The van der Waals surface area contributed by atoms with Crippen molar-refractivity contribution in [2.24, 2.45) is 11.8 Å². The van der Waals surface area contributed by atoms with Crippen molar-refractivity contribution in [3.05, 3.63) is 28.8 Å². The van der Waals surface area contributed by atoms with Gasteiger partial charge in [-0.15, -0.1) is 0 Å². The van der Waals surface area contributed by atoms with Crippen LogP contribution in [-0.4, -0.2) is 18.5 Å². The highest BCUT2D eigenvalue weighted by Gasteiger charge is 2.40. The number of carbonyl (C=O) groups excluding carboxylic acids is 2. The zero-order chi connectivity index (χ0) is 14.7. The lowest BCUT2D eigenvalue weighted by atomic mass is 10.2. The van der Waals surface area contributed by atoms with Gasteiger partial charge in [0.2, 0.25) is 0 Å². The summed E-state index contributed by atoms with van der Waals surface area (Å²) < 4.78 is 4.91. The van der Waals surface area contributed by atoms with Gasteiger partial charge in [0.15, 0.2) is 6.61 Å². The maximum Gasteiger partial charge on any atom is 0.309 e. The van der Waals surface area contributed by atoms with Crippen LogP contribution in [0.15, 0.2) is 18.2 Å². The van der Waals surface area contributed by atoms with Crippen LogP contribution in [0.25, 0.3) is 0 Å². The monoisotopic (exact) mass is 292 g/mol. The molecule has 6 heteroatoms. The summed E-state index contributed by atoms with van der Waals surface area (Å²) in [6, 6.07) is 6.47. The van der Waals surface area contributed by atoms with Crippen molar-refractivity contribution in [2.75, 3.05) is 11.9 Å². The van der Waals surface area contributed by atoms with E-state index < -0.39 is 5.91 Å². The molecule has 0 radical (unpaired) electrons. The van der Waals surface area contributed by atoms with E-state index in [1.165, 1.54) is 12.1 Å². The Labute approximate surface area is 121 Å². The fourth-order valence-electron chi connectivity index (χ4n) is 1.77. The summed E-state index contributed by atoms with van der Waals surface area (Å²) in [5.74, 6) is -0.479. The molecule has 1 amide bonds. The molecule has 1 saturated carbocycles. The highest BCUT2D eigenvalue weighted by Crippen LogP contribution is 2.38. The van der Waals surface area contributed by atoms with Gasteiger partial charge in [-0.2, -0.15) is 5.26 Å². The molecule has 1 fully saturated rings. The molecule has 2 atom stereocenters. The topological polar surface area (TPSA) is 79.2 Å². The van der Waals surface area contributed by atoms with Gasteiger partial charge in [-0.1, -0.05) is 18.5 Å². The van der Waals surface area contributed by atoms with Crippen LogP contribution in [0, 0.1) is 23.2 Å². The Kier molecular flexibility index (Phi) is 4.26. The zero-order valence-corrected chi connectivity index (χ0v) is 11.6. The molecule has 1 N–H and O–H groups in total. The third-order valence-corrected chi connectivity index (χ3v) is 3.44. The molecule has 0 saturated heterocycles. The lowest BCUT2D eigenvalue weighted by molar-refractivity contribution is -0.148. The Hall–Kier alpha value is -2.06. The standard InChI is InChI=1S/C14H13ClN2O3/c1-8-4-11(8)14(19)20-7-13(18)17-10-3-2-9(6-16)12(15)5-10/h2-3,5,8,11H,4,7H2,1H3,(H,17,18)/t8-,11-/m1/s1. The quantitative estimate of drug-likeness (QED) is 0.864. The number of nitrogens with one attached hydrogen (secondary N) is 1. The number of nitriles is 1. The fourth-order valence-corrected chi connectivity index (χ4v) is 2.00. The maximum absolute atomic E-state index is 11.6. The summed E-state index contributed by atoms with van der Waals surface area (Å²) >= 11 is 5.85. The Morgan fingerprint density at radius 3 is 2.80 bits per heavy atom. The van der Waals surface area contributed by atoms with Gasteiger partial charge in [0, 0.05) is 5.69 Å². The lowest BCUT2D eigenvalue weighted by Crippen LogP contribution is -2.21. The molecule has 1 aliphatic carbocycles. The number of esters is 1. The number of halogens is 1. The second kappa shape index (κ2) is 5.93. The molecule has 5 nitrogen and oxygen atoms in total. The Bertz CT molecular complexity index is 595. The van der Waals surface area contributed by atoms with E-state index in [1.54, 1.807) is 6.07 Å². The van der Waals surface area contributed by atoms with Gasteiger partial charge in [0.1, 0.15) is 6.07 Å². The van der Waals surface area contributed by atoms with Gasteiger partial charge < -0.3 is 10.1 Å². The van der Waals surface area contributed by atoms with E-state index in [1.807, 2.05) is 13.0 Å². The Morgan fingerprint density at radius 1 is 1.55 bits per heavy atom. The van der Waals surface area contributed by atoms with Crippen molar-refractivity contribution >= 4 is 29.2 Å². The Balaban J connectivity index is 1.84. The zero-order valence-electron chi connectivity index (χ0n) is 10.9. The predicted octanol–water partition coefficient (Wildman–Crippen LogP) is 2.35. The second-order valence-corrected chi connectivity index (χ2v) is 5.19. The first-order valence-corrected chi connectivity index (χ1v) is 6.55. The van der Waals surface area contributed by atoms with E-state index in [-0.39, 0.29) is 23.5 Å². The van der Waals surface area contributed by atoms with Gasteiger partial charge in [-0.05, 0) is 30.5 Å². The number of anilines is 1. The van der Waals surface area contributed by atoms with Gasteiger partial charge in [0.05, 0.1) is 16.5 Å². The van der Waals surface area contributed by atoms with E-state index in [0.717, 1.165) is 6.42 Å². The van der Waals surface area contributed by atoms with Crippen molar-refractivity contribution < 1.29 is 14.3 Å². The third kappa shape index (κ3) is 3.49. The normalized spacial score (nSPS) is 19.9. The summed E-state index contributed by atoms with van der Waals surface area (Å²) in [5, 5.41) is 11.5. The molecular formula is C14H13ClN2O3. The summed E-state index contributed by atoms with van der Waals surface area (Å²) in [6.07, 6.45) is 0.825. The fraction of sp³-hybridized carbons (Fsp3) is 0.357. The summed E-state index contributed by atoms with van der Waals surface area (Å²) in [7, 11) is 0. The molecule has 0 spiro atoms. The minimum atomic E-state index is -0.438. The van der Waals surface area contributed by atoms with Gasteiger partial charge in [-0.25, -0.2) is 0 Å². The van der Waals surface area contributed by atoms with Crippen LogP contribution in [0.2, 0.25) is 5.02 Å². The number of nitrogens with zero attached hydrogens (tertiary/aromatic N) is 1. The van der Waals surface area contributed by atoms with E-state index in [0.29, 0.717) is 17.2 Å². The summed E-state index contributed by atoms with van der Waals surface area (Å²) in [6.45, 7) is 1.64. The van der Waals surface area contributed by atoms with E-state index in [2.05, 4.69) is 5.32 Å². The first kappa shape index (κ1) is 14.4. The van der Waals surface area contributed by atoms with E-state index >= 15 is 0 Å². The van der Waals surface area contributed by atoms with Crippen LogP contribution in [0.3, 0.4) is 0 Å². The number of benzene rings is 1. The molecule has 1 aliphatic rings. The van der Waals surface area contributed by atoms with Crippen LogP contribution in [0.1, 0.15) is 18.9 Å². The van der Waals surface area contributed by atoms with Gasteiger partial charge in [-0.3, -0.25) is 9.59 Å². The van der Waals surface area contributed by atoms with Crippen LogP contribution >= 0.6 is 11.6 Å². The molecule has 2 rings (SSSR count). The molecule has 0 unspecified atom stereocenters. The first-order valence-electron chi connectivity index (χ1n) is 6.17. The minimum absolute atomic E-state index is 0.0628. The van der Waals surface area contributed by atoms with Gasteiger partial charge in [0.25, 0.3) is 5.91 Å². The second-order valence-electron chi connectivity index (χ2n) is 4.78. The van der Waals surface area contributed by atoms with Crippen LogP contribution in [0.4, 0.5) is 5.69 Å². The lowest BCUT2D eigenvalue weighted by Gasteiger charge is -2.07. The molecule has 0 heterocycles. The minimum Gasteiger partial charge on any atom is -0.455 e. The molecule has 20 heavy (non-hydrogen) atoms. The molecule has 104 valence electrons.